The average Bonchev–Trinajstić information content (AvgIpc) is 3.37. The van der Waals surface area contributed by atoms with Crippen LogP contribution in [0.3, 0.4) is 0 Å². The monoisotopic (exact) mass is 408 g/mol. The SMILES string of the molecule is Cc1ccccc1-n1c(CC2CCN(C(=O)/C=C\c3cccs3)CC2)n[nH]c1=O. The van der Waals surface area contributed by atoms with Gasteiger partial charge in [0.15, 0.2) is 0 Å². The Morgan fingerprint density at radius 1 is 1.24 bits per heavy atom. The summed E-state index contributed by atoms with van der Waals surface area (Å²) < 4.78 is 1.68. The lowest BCUT2D eigenvalue weighted by Gasteiger charge is -2.31. The lowest BCUT2D eigenvalue weighted by molar-refractivity contribution is -0.127. The summed E-state index contributed by atoms with van der Waals surface area (Å²) in [5.74, 6) is 1.22. The smallest absolute Gasteiger partial charge is 0.339 e. The number of carbonyl (C=O) groups excluding carboxylic acids is 1. The second-order valence-corrected chi connectivity index (χ2v) is 8.37. The van der Waals surface area contributed by atoms with E-state index in [2.05, 4.69) is 10.2 Å². The molecule has 7 heteroatoms. The Hall–Kier alpha value is -2.93. The number of nitrogens with zero attached hydrogens (tertiary/aromatic N) is 3. The lowest BCUT2D eigenvalue weighted by Crippen LogP contribution is -2.38. The van der Waals surface area contributed by atoms with Crippen molar-refractivity contribution in [3.8, 4) is 5.69 Å². The molecule has 0 spiro atoms. The molecular weight excluding hydrogens is 384 g/mol. The Kier molecular flexibility index (Phi) is 5.76. The molecule has 4 rings (SSSR count). The van der Waals surface area contributed by atoms with Gasteiger partial charge in [0, 0.05) is 30.5 Å². The van der Waals surface area contributed by atoms with Crippen molar-refractivity contribution in [2.75, 3.05) is 13.1 Å². The van der Waals surface area contributed by atoms with Gasteiger partial charge in [0.25, 0.3) is 0 Å². The highest BCUT2D eigenvalue weighted by atomic mass is 32.1. The van der Waals surface area contributed by atoms with E-state index in [-0.39, 0.29) is 11.6 Å². The zero-order valence-electron chi connectivity index (χ0n) is 16.4. The maximum absolute atomic E-state index is 12.4. The Balaban J connectivity index is 1.39. The third-order valence-corrected chi connectivity index (χ3v) is 6.27. The molecule has 1 aliphatic rings. The molecule has 1 amide bonds. The summed E-state index contributed by atoms with van der Waals surface area (Å²) in [5, 5.41) is 8.87. The predicted octanol–water partition coefficient (Wildman–Crippen LogP) is 3.43. The van der Waals surface area contributed by atoms with Gasteiger partial charge >= 0.3 is 5.69 Å². The van der Waals surface area contributed by atoms with E-state index in [1.54, 1.807) is 22.0 Å². The zero-order chi connectivity index (χ0) is 20.2. The van der Waals surface area contributed by atoms with Crippen LogP contribution in [-0.4, -0.2) is 38.7 Å². The van der Waals surface area contributed by atoms with E-state index in [0.29, 0.717) is 5.92 Å². The number of hydrogen-bond donors (Lipinski definition) is 1. The molecule has 6 nitrogen and oxygen atoms in total. The molecule has 29 heavy (non-hydrogen) atoms. The van der Waals surface area contributed by atoms with Crippen LogP contribution in [0, 0.1) is 12.8 Å². The Bertz CT molecular complexity index is 1060. The van der Waals surface area contributed by atoms with E-state index in [4.69, 9.17) is 0 Å². The number of H-pyrrole nitrogens is 1. The van der Waals surface area contributed by atoms with Gasteiger partial charge in [0.2, 0.25) is 5.91 Å². The molecule has 150 valence electrons. The number of aromatic nitrogens is 3. The van der Waals surface area contributed by atoms with Crippen LogP contribution in [-0.2, 0) is 11.2 Å². The number of likely N-dealkylation sites (tertiary alicyclic amines) is 1. The number of nitrogens with one attached hydrogen (secondary N) is 1. The maximum Gasteiger partial charge on any atom is 0.347 e. The molecule has 1 aliphatic heterocycles. The fraction of sp³-hybridized carbons (Fsp3) is 0.318. The quantitative estimate of drug-likeness (QED) is 0.658. The number of piperidine rings is 1. The van der Waals surface area contributed by atoms with Gasteiger partial charge in [-0.05, 0) is 54.8 Å². The van der Waals surface area contributed by atoms with Crippen LogP contribution in [0.25, 0.3) is 11.8 Å². The van der Waals surface area contributed by atoms with Crippen molar-refractivity contribution in [2.24, 2.45) is 5.92 Å². The largest absolute Gasteiger partial charge is 0.347 e. The van der Waals surface area contributed by atoms with Crippen molar-refractivity contribution in [2.45, 2.75) is 26.2 Å². The van der Waals surface area contributed by atoms with Gasteiger partial charge in [-0.25, -0.2) is 14.5 Å². The van der Waals surface area contributed by atoms with Gasteiger partial charge in [0.1, 0.15) is 5.82 Å². The standard InChI is InChI=1S/C22H24N4O2S/c1-16-5-2-3-7-19(16)26-20(23-24-22(26)28)15-17-10-12-25(13-11-17)21(27)9-8-18-6-4-14-29-18/h2-9,14,17H,10-13,15H2,1H3,(H,24,28)/b9-8-. The first-order valence-corrected chi connectivity index (χ1v) is 10.7. The number of thiophene rings is 1. The van der Waals surface area contributed by atoms with Crippen LogP contribution >= 0.6 is 11.3 Å². The minimum atomic E-state index is -0.208. The summed E-state index contributed by atoms with van der Waals surface area (Å²) in [6.07, 6.45) is 6.08. The van der Waals surface area contributed by atoms with Crippen LogP contribution in [0.1, 0.15) is 29.1 Å². The molecular formula is C22H24N4O2S. The molecule has 3 heterocycles. The number of aromatic amines is 1. The van der Waals surface area contributed by atoms with Crippen molar-refractivity contribution in [3.05, 3.63) is 74.6 Å². The van der Waals surface area contributed by atoms with Crippen LogP contribution in [0.2, 0.25) is 0 Å². The van der Waals surface area contributed by atoms with E-state index in [1.165, 1.54) is 0 Å². The first-order valence-electron chi connectivity index (χ1n) is 9.84. The number of benzene rings is 1. The Morgan fingerprint density at radius 2 is 2.03 bits per heavy atom. The van der Waals surface area contributed by atoms with Crippen LogP contribution in [0.15, 0.2) is 52.6 Å². The third-order valence-electron chi connectivity index (χ3n) is 5.43. The van der Waals surface area contributed by atoms with Crippen molar-refractivity contribution in [3.63, 3.8) is 0 Å². The van der Waals surface area contributed by atoms with Crippen LogP contribution < -0.4 is 5.69 Å². The molecule has 1 fully saturated rings. The fourth-order valence-electron chi connectivity index (χ4n) is 3.79. The molecule has 1 aromatic carbocycles. The normalized spacial score (nSPS) is 15.3. The predicted molar refractivity (Wildman–Crippen MR) is 115 cm³/mol. The van der Waals surface area contributed by atoms with Crippen molar-refractivity contribution in [1.82, 2.24) is 19.7 Å². The van der Waals surface area contributed by atoms with Gasteiger partial charge in [-0.1, -0.05) is 24.3 Å². The molecule has 2 aromatic heterocycles. The van der Waals surface area contributed by atoms with Gasteiger partial charge in [-0.2, -0.15) is 5.10 Å². The molecule has 1 saturated heterocycles. The Labute approximate surface area is 173 Å². The summed E-state index contributed by atoms with van der Waals surface area (Å²) in [4.78, 5) is 27.7. The molecule has 0 aliphatic carbocycles. The number of hydrogen-bond acceptors (Lipinski definition) is 4. The number of rotatable bonds is 5. The zero-order valence-corrected chi connectivity index (χ0v) is 17.2. The molecule has 0 bridgehead atoms. The van der Waals surface area contributed by atoms with E-state index in [1.807, 2.05) is 59.7 Å². The number of carbonyl (C=O) groups is 1. The highest BCUT2D eigenvalue weighted by molar-refractivity contribution is 7.10. The van der Waals surface area contributed by atoms with Crippen molar-refractivity contribution in [1.29, 1.82) is 0 Å². The van der Waals surface area contributed by atoms with Crippen molar-refractivity contribution >= 4 is 23.3 Å². The third kappa shape index (κ3) is 4.40. The lowest BCUT2D eigenvalue weighted by atomic mass is 9.93. The van der Waals surface area contributed by atoms with Gasteiger partial charge in [-0.3, -0.25) is 4.79 Å². The van der Waals surface area contributed by atoms with E-state index >= 15 is 0 Å². The minimum absolute atomic E-state index is 0.0634. The van der Waals surface area contributed by atoms with Crippen molar-refractivity contribution < 1.29 is 4.79 Å². The fourth-order valence-corrected chi connectivity index (χ4v) is 4.41. The topological polar surface area (TPSA) is 71.0 Å². The summed E-state index contributed by atoms with van der Waals surface area (Å²) in [5.41, 5.74) is 1.70. The second kappa shape index (κ2) is 8.61. The summed E-state index contributed by atoms with van der Waals surface area (Å²) in [6.45, 7) is 3.46. The van der Waals surface area contributed by atoms with Crippen LogP contribution in [0.5, 0.6) is 0 Å². The van der Waals surface area contributed by atoms with Gasteiger partial charge in [0.05, 0.1) is 5.69 Å². The summed E-state index contributed by atoms with van der Waals surface area (Å²) in [6, 6.07) is 11.8. The Morgan fingerprint density at radius 3 is 2.76 bits per heavy atom. The molecule has 0 radical (unpaired) electrons. The number of amides is 1. The van der Waals surface area contributed by atoms with Gasteiger partial charge in [-0.15, -0.1) is 11.3 Å². The highest BCUT2D eigenvalue weighted by Crippen LogP contribution is 2.23. The molecule has 0 atom stereocenters. The average molecular weight is 409 g/mol. The molecule has 0 unspecified atom stereocenters. The summed E-state index contributed by atoms with van der Waals surface area (Å²) >= 11 is 1.62. The first kappa shape index (κ1) is 19.4. The van der Waals surface area contributed by atoms with E-state index in [0.717, 1.165) is 54.3 Å². The first-order chi connectivity index (χ1) is 14.1. The van der Waals surface area contributed by atoms with E-state index in [9.17, 15) is 9.59 Å². The van der Waals surface area contributed by atoms with E-state index < -0.39 is 0 Å². The summed E-state index contributed by atoms with van der Waals surface area (Å²) in [7, 11) is 0. The molecule has 0 saturated carbocycles. The maximum atomic E-state index is 12.4. The van der Waals surface area contributed by atoms with Crippen LogP contribution in [0.4, 0.5) is 0 Å². The van der Waals surface area contributed by atoms with Gasteiger partial charge < -0.3 is 4.90 Å². The number of aryl methyl sites for hydroxylation is 1. The minimum Gasteiger partial charge on any atom is -0.339 e. The highest BCUT2D eigenvalue weighted by Gasteiger charge is 2.24. The molecule has 1 N–H and O–H groups in total. The second-order valence-electron chi connectivity index (χ2n) is 7.39. The number of para-hydroxylation sites is 1. The molecule has 3 aromatic rings.